The first-order chi connectivity index (χ1) is 10.7. The maximum absolute atomic E-state index is 12.2. The lowest BCUT2D eigenvalue weighted by atomic mass is 9.99. The smallest absolute Gasteiger partial charge is 0.224 e. The van der Waals surface area contributed by atoms with Crippen LogP contribution in [0.5, 0.6) is 0 Å². The van der Waals surface area contributed by atoms with Crippen molar-refractivity contribution < 1.29 is 4.79 Å². The van der Waals surface area contributed by atoms with Gasteiger partial charge >= 0.3 is 0 Å². The van der Waals surface area contributed by atoms with Gasteiger partial charge in [-0.05, 0) is 26.3 Å². The minimum absolute atomic E-state index is 0.107. The molecule has 1 fully saturated rings. The van der Waals surface area contributed by atoms with E-state index in [2.05, 4.69) is 27.8 Å². The first-order valence-corrected chi connectivity index (χ1v) is 8.56. The average molecular weight is 315 g/mol. The number of carbonyl (C=O) groups excluding carboxylic acids is 1. The maximum atomic E-state index is 12.2. The zero-order valence-corrected chi connectivity index (χ0v) is 13.6. The number of amides is 1. The Bertz CT molecular complexity index is 633. The van der Waals surface area contributed by atoms with E-state index in [-0.39, 0.29) is 11.8 Å². The molecule has 116 valence electrons. The van der Waals surface area contributed by atoms with Crippen LogP contribution < -0.4 is 10.6 Å². The number of benzene rings is 1. The largest absolute Gasteiger partial charge is 0.351 e. The monoisotopic (exact) mass is 315 g/mol. The molecule has 1 aliphatic rings. The quantitative estimate of drug-likeness (QED) is 0.912. The number of rotatable bonds is 4. The minimum Gasteiger partial charge on any atom is -0.351 e. The van der Waals surface area contributed by atoms with Crippen molar-refractivity contribution in [3.05, 3.63) is 40.9 Å². The van der Waals surface area contributed by atoms with Gasteiger partial charge in [-0.15, -0.1) is 11.3 Å². The van der Waals surface area contributed by atoms with Crippen LogP contribution in [-0.2, 0) is 11.3 Å². The predicted octanol–water partition coefficient (Wildman–Crippen LogP) is 2.73. The molecule has 1 aromatic carbocycles. The number of aromatic nitrogens is 1. The standard InChI is InChI=1S/C17H21N3OS/c1-12-15(11-19-16(21)14-8-5-9-18-10-14)22-17(20-12)13-6-3-2-4-7-13/h2-4,6-7,14,18H,5,8-11H2,1H3,(H,19,21). The van der Waals surface area contributed by atoms with E-state index in [1.54, 1.807) is 11.3 Å². The summed E-state index contributed by atoms with van der Waals surface area (Å²) in [6, 6.07) is 10.2. The third kappa shape index (κ3) is 3.54. The van der Waals surface area contributed by atoms with Crippen molar-refractivity contribution >= 4 is 17.2 Å². The zero-order valence-electron chi connectivity index (χ0n) is 12.8. The van der Waals surface area contributed by atoms with Crippen molar-refractivity contribution in [3.8, 4) is 10.6 Å². The number of aryl methyl sites for hydroxylation is 1. The molecule has 2 aromatic rings. The Morgan fingerprint density at radius 1 is 1.41 bits per heavy atom. The van der Waals surface area contributed by atoms with Crippen LogP contribution in [0.2, 0.25) is 0 Å². The lowest BCUT2D eigenvalue weighted by Gasteiger charge is -2.21. The lowest BCUT2D eigenvalue weighted by Crippen LogP contribution is -2.40. The van der Waals surface area contributed by atoms with Gasteiger partial charge < -0.3 is 10.6 Å². The molecule has 0 saturated carbocycles. The van der Waals surface area contributed by atoms with Crippen molar-refractivity contribution in [2.24, 2.45) is 5.92 Å². The summed E-state index contributed by atoms with van der Waals surface area (Å²) >= 11 is 1.66. The highest BCUT2D eigenvalue weighted by Gasteiger charge is 2.21. The molecule has 5 heteroatoms. The van der Waals surface area contributed by atoms with Gasteiger partial charge in [0, 0.05) is 17.0 Å². The summed E-state index contributed by atoms with van der Waals surface area (Å²) in [5.41, 5.74) is 2.13. The molecule has 0 bridgehead atoms. The van der Waals surface area contributed by atoms with Crippen molar-refractivity contribution in [2.45, 2.75) is 26.3 Å². The van der Waals surface area contributed by atoms with Gasteiger partial charge in [0.25, 0.3) is 0 Å². The molecule has 1 saturated heterocycles. The van der Waals surface area contributed by atoms with E-state index in [0.29, 0.717) is 6.54 Å². The molecular weight excluding hydrogens is 294 g/mol. The van der Waals surface area contributed by atoms with Gasteiger partial charge in [-0.1, -0.05) is 30.3 Å². The SMILES string of the molecule is Cc1nc(-c2ccccc2)sc1CNC(=O)C1CCCNC1. The Balaban J connectivity index is 1.63. The highest BCUT2D eigenvalue weighted by molar-refractivity contribution is 7.15. The summed E-state index contributed by atoms with van der Waals surface area (Å²) < 4.78 is 0. The van der Waals surface area contributed by atoms with Gasteiger partial charge in [0.2, 0.25) is 5.91 Å². The predicted molar refractivity (Wildman–Crippen MR) is 89.7 cm³/mol. The van der Waals surface area contributed by atoms with Gasteiger partial charge in [-0.2, -0.15) is 0 Å². The second-order valence-corrected chi connectivity index (χ2v) is 6.74. The average Bonchev–Trinajstić information content (AvgIpc) is 2.95. The van der Waals surface area contributed by atoms with Gasteiger partial charge in [-0.3, -0.25) is 4.79 Å². The van der Waals surface area contributed by atoms with Crippen molar-refractivity contribution in [2.75, 3.05) is 13.1 Å². The van der Waals surface area contributed by atoms with E-state index in [4.69, 9.17) is 0 Å². The van der Waals surface area contributed by atoms with E-state index in [0.717, 1.165) is 47.1 Å². The van der Waals surface area contributed by atoms with Crippen LogP contribution >= 0.6 is 11.3 Å². The van der Waals surface area contributed by atoms with Crippen LogP contribution in [0, 0.1) is 12.8 Å². The molecule has 2 N–H and O–H groups in total. The van der Waals surface area contributed by atoms with E-state index in [9.17, 15) is 4.79 Å². The molecule has 1 unspecified atom stereocenters. The molecule has 3 rings (SSSR count). The Kier molecular flexibility index (Phi) is 4.85. The highest BCUT2D eigenvalue weighted by Crippen LogP contribution is 2.27. The number of thiazole rings is 1. The first-order valence-electron chi connectivity index (χ1n) is 7.74. The van der Waals surface area contributed by atoms with Crippen molar-refractivity contribution in [1.82, 2.24) is 15.6 Å². The van der Waals surface area contributed by atoms with Crippen LogP contribution in [0.4, 0.5) is 0 Å². The molecule has 1 atom stereocenters. The molecule has 22 heavy (non-hydrogen) atoms. The van der Waals surface area contributed by atoms with Crippen LogP contribution in [0.1, 0.15) is 23.4 Å². The fourth-order valence-corrected chi connectivity index (χ4v) is 3.69. The number of carbonyl (C=O) groups is 1. The minimum atomic E-state index is 0.107. The number of hydrogen-bond donors (Lipinski definition) is 2. The summed E-state index contributed by atoms with van der Waals surface area (Å²) in [6.45, 7) is 4.40. The van der Waals surface area contributed by atoms with E-state index < -0.39 is 0 Å². The Labute approximate surface area is 135 Å². The summed E-state index contributed by atoms with van der Waals surface area (Å²) in [5, 5.41) is 7.36. The normalized spacial score (nSPS) is 18.1. The highest BCUT2D eigenvalue weighted by atomic mass is 32.1. The van der Waals surface area contributed by atoms with Crippen LogP contribution in [-0.4, -0.2) is 24.0 Å². The number of hydrogen-bond acceptors (Lipinski definition) is 4. The number of nitrogens with zero attached hydrogens (tertiary/aromatic N) is 1. The molecule has 0 aliphatic carbocycles. The van der Waals surface area contributed by atoms with Crippen molar-refractivity contribution in [3.63, 3.8) is 0 Å². The third-order valence-electron chi connectivity index (χ3n) is 4.00. The molecule has 1 aliphatic heterocycles. The maximum Gasteiger partial charge on any atom is 0.224 e. The lowest BCUT2D eigenvalue weighted by molar-refractivity contribution is -0.125. The molecule has 1 amide bonds. The number of nitrogens with one attached hydrogen (secondary N) is 2. The fourth-order valence-electron chi connectivity index (χ4n) is 2.68. The molecule has 4 nitrogen and oxygen atoms in total. The fraction of sp³-hybridized carbons (Fsp3) is 0.412. The van der Waals surface area contributed by atoms with Gasteiger partial charge in [0.1, 0.15) is 5.01 Å². The second kappa shape index (κ2) is 7.03. The summed E-state index contributed by atoms with van der Waals surface area (Å²) in [5.74, 6) is 0.261. The molecule has 2 heterocycles. The van der Waals surface area contributed by atoms with Gasteiger partial charge in [0.15, 0.2) is 0 Å². The van der Waals surface area contributed by atoms with E-state index in [1.165, 1.54) is 0 Å². The van der Waals surface area contributed by atoms with Gasteiger partial charge in [-0.25, -0.2) is 4.98 Å². The molecular formula is C17H21N3OS. The summed E-state index contributed by atoms with van der Waals surface area (Å²) in [4.78, 5) is 18.0. The van der Waals surface area contributed by atoms with Crippen LogP contribution in [0.3, 0.4) is 0 Å². The van der Waals surface area contributed by atoms with E-state index >= 15 is 0 Å². The zero-order chi connectivity index (χ0) is 15.4. The Morgan fingerprint density at radius 2 is 2.23 bits per heavy atom. The first kappa shape index (κ1) is 15.2. The van der Waals surface area contributed by atoms with Crippen LogP contribution in [0.25, 0.3) is 10.6 Å². The summed E-state index contributed by atoms with van der Waals surface area (Å²) in [6.07, 6.45) is 2.06. The van der Waals surface area contributed by atoms with E-state index in [1.807, 2.05) is 25.1 Å². The molecule has 1 aromatic heterocycles. The Hall–Kier alpha value is -1.72. The molecule has 0 radical (unpaired) electrons. The number of piperidine rings is 1. The second-order valence-electron chi connectivity index (χ2n) is 5.65. The topological polar surface area (TPSA) is 54.0 Å². The van der Waals surface area contributed by atoms with Crippen molar-refractivity contribution in [1.29, 1.82) is 0 Å². The molecule has 0 spiro atoms. The van der Waals surface area contributed by atoms with Crippen LogP contribution in [0.15, 0.2) is 30.3 Å². The van der Waals surface area contributed by atoms with Gasteiger partial charge in [0.05, 0.1) is 18.2 Å². The summed E-state index contributed by atoms with van der Waals surface area (Å²) in [7, 11) is 0. The third-order valence-corrected chi connectivity index (χ3v) is 5.21. The Morgan fingerprint density at radius 3 is 2.95 bits per heavy atom.